The second kappa shape index (κ2) is 4.88. The van der Waals surface area contributed by atoms with Crippen LogP contribution in [0.3, 0.4) is 0 Å². The number of ether oxygens (including phenoxy) is 1. The fourth-order valence-corrected chi connectivity index (χ4v) is 2.60. The molecule has 0 saturated heterocycles. The first kappa shape index (κ1) is 12.1. The predicted molar refractivity (Wildman–Crippen MR) is 72.9 cm³/mol. The number of hydrogen-bond acceptors (Lipinski definition) is 3. The van der Waals surface area contributed by atoms with Crippen LogP contribution in [-0.2, 0) is 0 Å². The van der Waals surface area contributed by atoms with Gasteiger partial charge < -0.3 is 4.74 Å². The van der Waals surface area contributed by atoms with E-state index >= 15 is 0 Å². The third-order valence-electron chi connectivity index (χ3n) is 2.68. The van der Waals surface area contributed by atoms with Crippen molar-refractivity contribution in [1.29, 1.82) is 0 Å². The second-order valence-electron chi connectivity index (χ2n) is 4.43. The Balaban J connectivity index is 2.44. The Kier molecular flexibility index (Phi) is 3.48. The monoisotopic (exact) mass is 247 g/mol. The highest BCUT2D eigenvalue weighted by Gasteiger charge is 2.11. The zero-order chi connectivity index (χ0) is 12.4. The van der Waals surface area contributed by atoms with Gasteiger partial charge in [0.1, 0.15) is 10.8 Å². The molecule has 17 heavy (non-hydrogen) atoms. The lowest BCUT2D eigenvalue weighted by Gasteiger charge is -2.06. The summed E-state index contributed by atoms with van der Waals surface area (Å²) in [4.78, 5) is 5.79. The molecule has 2 nitrogen and oxygen atoms in total. The van der Waals surface area contributed by atoms with Gasteiger partial charge in [-0.1, -0.05) is 19.9 Å². The van der Waals surface area contributed by atoms with Crippen LogP contribution < -0.4 is 4.74 Å². The highest BCUT2D eigenvalue weighted by Crippen LogP contribution is 2.35. The molecule has 2 rings (SSSR count). The highest BCUT2D eigenvalue weighted by atomic mass is 32.1. The van der Waals surface area contributed by atoms with Crippen LogP contribution in [0.25, 0.3) is 10.6 Å². The molecule has 0 atom stereocenters. The number of aryl methyl sites for hydroxylation is 1. The summed E-state index contributed by atoms with van der Waals surface area (Å²) < 4.78 is 5.42. The van der Waals surface area contributed by atoms with Crippen LogP contribution in [0.4, 0.5) is 0 Å². The SMILES string of the molecule is COc1cc(C)ccc1-c1ncc(C(C)C)s1. The normalized spacial score (nSPS) is 10.9. The number of thiazole rings is 1. The van der Waals surface area contributed by atoms with Crippen molar-refractivity contribution in [3.8, 4) is 16.3 Å². The summed E-state index contributed by atoms with van der Waals surface area (Å²) >= 11 is 1.74. The minimum absolute atomic E-state index is 0.526. The third-order valence-corrected chi connectivity index (χ3v) is 4.01. The summed E-state index contributed by atoms with van der Waals surface area (Å²) in [7, 11) is 1.70. The van der Waals surface area contributed by atoms with Crippen molar-refractivity contribution in [3.63, 3.8) is 0 Å². The molecule has 2 aromatic rings. The van der Waals surface area contributed by atoms with E-state index in [4.69, 9.17) is 4.74 Å². The molecule has 0 bridgehead atoms. The van der Waals surface area contributed by atoms with E-state index in [1.807, 2.05) is 12.3 Å². The van der Waals surface area contributed by atoms with Crippen molar-refractivity contribution in [3.05, 3.63) is 34.8 Å². The van der Waals surface area contributed by atoms with Crippen LogP contribution in [-0.4, -0.2) is 12.1 Å². The summed E-state index contributed by atoms with van der Waals surface area (Å²) in [5.74, 6) is 1.42. The predicted octanol–water partition coefficient (Wildman–Crippen LogP) is 4.25. The van der Waals surface area contributed by atoms with Crippen molar-refractivity contribution in [2.45, 2.75) is 26.7 Å². The Hall–Kier alpha value is -1.35. The maximum absolute atomic E-state index is 5.42. The van der Waals surface area contributed by atoms with Crippen molar-refractivity contribution in [2.24, 2.45) is 0 Å². The van der Waals surface area contributed by atoms with Crippen molar-refractivity contribution in [1.82, 2.24) is 4.98 Å². The zero-order valence-corrected chi connectivity index (χ0v) is 11.5. The van der Waals surface area contributed by atoms with Gasteiger partial charge in [0.05, 0.1) is 12.7 Å². The average Bonchev–Trinajstić information content (AvgIpc) is 2.78. The molecule has 0 spiro atoms. The van der Waals surface area contributed by atoms with Gasteiger partial charge in [-0.25, -0.2) is 4.98 Å². The summed E-state index contributed by atoms with van der Waals surface area (Å²) in [5.41, 5.74) is 2.28. The molecule has 0 aliphatic heterocycles. The van der Waals surface area contributed by atoms with Crippen LogP contribution in [0, 0.1) is 6.92 Å². The smallest absolute Gasteiger partial charge is 0.129 e. The van der Waals surface area contributed by atoms with E-state index in [9.17, 15) is 0 Å². The molecule has 3 heteroatoms. The highest BCUT2D eigenvalue weighted by molar-refractivity contribution is 7.15. The quantitative estimate of drug-likeness (QED) is 0.809. The first-order valence-electron chi connectivity index (χ1n) is 5.72. The molecule has 0 fully saturated rings. The van der Waals surface area contributed by atoms with E-state index in [0.29, 0.717) is 5.92 Å². The molecule has 90 valence electrons. The number of rotatable bonds is 3. The third kappa shape index (κ3) is 2.50. The Labute approximate surface area is 106 Å². The fourth-order valence-electron chi connectivity index (χ4n) is 1.65. The Morgan fingerprint density at radius 3 is 2.65 bits per heavy atom. The molecule has 1 aromatic heterocycles. The van der Waals surface area contributed by atoms with E-state index in [-0.39, 0.29) is 0 Å². The number of benzene rings is 1. The first-order valence-corrected chi connectivity index (χ1v) is 6.54. The van der Waals surface area contributed by atoms with Crippen LogP contribution in [0.1, 0.15) is 30.2 Å². The van der Waals surface area contributed by atoms with Crippen molar-refractivity contribution < 1.29 is 4.74 Å². The van der Waals surface area contributed by atoms with Crippen molar-refractivity contribution in [2.75, 3.05) is 7.11 Å². The van der Waals surface area contributed by atoms with Gasteiger partial charge in [0.2, 0.25) is 0 Å². The molecule has 0 saturated carbocycles. The second-order valence-corrected chi connectivity index (χ2v) is 5.49. The summed E-state index contributed by atoms with van der Waals surface area (Å²) in [6.45, 7) is 6.43. The largest absolute Gasteiger partial charge is 0.496 e. The van der Waals surface area contributed by atoms with Gasteiger partial charge in [0.15, 0.2) is 0 Å². The maximum Gasteiger partial charge on any atom is 0.129 e. The van der Waals surface area contributed by atoms with Gasteiger partial charge in [-0.2, -0.15) is 0 Å². The molecular weight excluding hydrogens is 230 g/mol. The number of nitrogens with zero attached hydrogens (tertiary/aromatic N) is 1. The number of methoxy groups -OCH3 is 1. The van der Waals surface area contributed by atoms with Crippen LogP contribution in [0.2, 0.25) is 0 Å². The van der Waals surface area contributed by atoms with Gasteiger partial charge in [0, 0.05) is 11.1 Å². The summed E-state index contributed by atoms with van der Waals surface area (Å²) in [5, 5.41) is 1.03. The molecule has 0 amide bonds. The average molecular weight is 247 g/mol. The van der Waals surface area contributed by atoms with Gasteiger partial charge >= 0.3 is 0 Å². The van der Waals surface area contributed by atoms with Gasteiger partial charge in [0.25, 0.3) is 0 Å². The zero-order valence-electron chi connectivity index (χ0n) is 10.7. The molecular formula is C14H17NOS. The maximum atomic E-state index is 5.42. The van der Waals surface area contributed by atoms with Gasteiger partial charge in [-0.15, -0.1) is 11.3 Å². The topological polar surface area (TPSA) is 22.1 Å². The molecule has 0 aliphatic carbocycles. The molecule has 1 heterocycles. The lowest BCUT2D eigenvalue weighted by molar-refractivity contribution is 0.416. The molecule has 0 unspecified atom stereocenters. The minimum atomic E-state index is 0.526. The molecule has 1 aromatic carbocycles. The fraction of sp³-hybridized carbons (Fsp3) is 0.357. The number of aromatic nitrogens is 1. The molecule has 0 radical (unpaired) electrons. The van der Waals surface area contributed by atoms with Crippen LogP contribution >= 0.6 is 11.3 Å². The van der Waals surface area contributed by atoms with Crippen LogP contribution in [0.15, 0.2) is 24.4 Å². The van der Waals surface area contributed by atoms with Crippen LogP contribution in [0.5, 0.6) is 5.75 Å². The minimum Gasteiger partial charge on any atom is -0.496 e. The van der Waals surface area contributed by atoms with E-state index in [2.05, 4.69) is 37.9 Å². The standard InChI is InChI=1S/C14H17NOS/c1-9(2)13-8-15-14(17-13)11-6-5-10(3)7-12(11)16-4/h5-9H,1-4H3. The first-order chi connectivity index (χ1) is 8.11. The lowest BCUT2D eigenvalue weighted by atomic mass is 10.1. The van der Waals surface area contributed by atoms with Crippen molar-refractivity contribution >= 4 is 11.3 Å². The Morgan fingerprint density at radius 2 is 2.06 bits per heavy atom. The van der Waals surface area contributed by atoms with E-state index in [1.165, 1.54) is 10.4 Å². The van der Waals surface area contributed by atoms with Gasteiger partial charge in [-0.05, 0) is 30.5 Å². The van der Waals surface area contributed by atoms with Gasteiger partial charge in [-0.3, -0.25) is 0 Å². The van der Waals surface area contributed by atoms with E-state index in [1.54, 1.807) is 18.4 Å². The molecule has 0 aliphatic rings. The lowest BCUT2D eigenvalue weighted by Crippen LogP contribution is -1.88. The Morgan fingerprint density at radius 1 is 1.29 bits per heavy atom. The van der Waals surface area contributed by atoms with E-state index < -0.39 is 0 Å². The summed E-state index contributed by atoms with van der Waals surface area (Å²) in [6, 6.07) is 6.22. The summed E-state index contributed by atoms with van der Waals surface area (Å²) in [6.07, 6.45) is 1.96. The number of hydrogen-bond donors (Lipinski definition) is 0. The molecule has 0 N–H and O–H groups in total. The van der Waals surface area contributed by atoms with E-state index in [0.717, 1.165) is 16.3 Å². The Bertz CT molecular complexity index is 517.